The average Bonchev–Trinajstić information content (AvgIpc) is 2.75. The van der Waals surface area contributed by atoms with Crippen molar-refractivity contribution in [3.05, 3.63) is 51.9 Å². The van der Waals surface area contributed by atoms with Gasteiger partial charge < -0.3 is 20.4 Å². The zero-order chi connectivity index (χ0) is 21.1. The van der Waals surface area contributed by atoms with E-state index in [9.17, 15) is 9.59 Å². The van der Waals surface area contributed by atoms with Gasteiger partial charge in [-0.1, -0.05) is 29.8 Å². The zero-order valence-electron chi connectivity index (χ0n) is 16.4. The molecule has 1 saturated carbocycles. The van der Waals surface area contributed by atoms with Gasteiger partial charge in [0.25, 0.3) is 5.56 Å². The second kappa shape index (κ2) is 8.71. The van der Waals surface area contributed by atoms with Crippen LogP contribution < -0.4 is 16.2 Å². The lowest BCUT2D eigenvalue weighted by Gasteiger charge is -2.29. The Bertz CT molecular complexity index is 1130. The van der Waals surface area contributed by atoms with Crippen molar-refractivity contribution in [2.75, 3.05) is 12.4 Å². The summed E-state index contributed by atoms with van der Waals surface area (Å²) in [6.07, 6.45) is 4.72. The standard InChI is InChI=1S/C21H22ClN5O3/c1-30-21(29)25-14-8-6-13(7-9-14)24-20-23-11-12-10-16(19(28)26-18(12)27-20)15-4-2-3-5-17(15)22/h2-5,10-11,13-14H,6-9H2,1H3,(H,25,29)(H2,23,24,26,27,28). The van der Waals surface area contributed by atoms with Crippen LogP contribution >= 0.6 is 11.6 Å². The van der Waals surface area contributed by atoms with Crippen molar-refractivity contribution in [1.82, 2.24) is 20.3 Å². The minimum Gasteiger partial charge on any atom is -0.453 e. The first-order valence-corrected chi connectivity index (χ1v) is 10.2. The van der Waals surface area contributed by atoms with Crippen molar-refractivity contribution < 1.29 is 9.53 Å². The third-order valence-corrected chi connectivity index (χ3v) is 5.65. The fraction of sp³-hybridized carbons (Fsp3) is 0.333. The van der Waals surface area contributed by atoms with E-state index in [1.807, 2.05) is 12.1 Å². The number of carbonyl (C=O) groups is 1. The number of carbonyl (C=O) groups excluding carboxylic acids is 1. The van der Waals surface area contributed by atoms with Crippen molar-refractivity contribution in [3.63, 3.8) is 0 Å². The van der Waals surface area contributed by atoms with Crippen molar-refractivity contribution in [2.24, 2.45) is 0 Å². The monoisotopic (exact) mass is 427 g/mol. The molecule has 9 heteroatoms. The quantitative estimate of drug-likeness (QED) is 0.585. The smallest absolute Gasteiger partial charge is 0.407 e. The lowest BCUT2D eigenvalue weighted by molar-refractivity contribution is 0.162. The molecule has 0 aliphatic heterocycles. The van der Waals surface area contributed by atoms with E-state index in [1.54, 1.807) is 24.4 Å². The van der Waals surface area contributed by atoms with E-state index in [1.165, 1.54) is 7.11 Å². The van der Waals surface area contributed by atoms with Gasteiger partial charge in [0.05, 0.1) is 7.11 Å². The summed E-state index contributed by atoms with van der Waals surface area (Å²) < 4.78 is 4.65. The predicted octanol–water partition coefficient (Wildman–Crippen LogP) is 3.72. The van der Waals surface area contributed by atoms with Crippen LogP contribution in [0.2, 0.25) is 5.02 Å². The number of halogens is 1. The number of benzene rings is 1. The molecule has 3 N–H and O–H groups in total. The topological polar surface area (TPSA) is 109 Å². The predicted molar refractivity (Wildman–Crippen MR) is 116 cm³/mol. The van der Waals surface area contributed by atoms with Gasteiger partial charge in [-0.05, 0) is 37.8 Å². The van der Waals surface area contributed by atoms with E-state index >= 15 is 0 Å². The van der Waals surface area contributed by atoms with Gasteiger partial charge in [0.2, 0.25) is 5.95 Å². The van der Waals surface area contributed by atoms with Crippen molar-refractivity contribution in [2.45, 2.75) is 37.8 Å². The molecule has 0 saturated heterocycles. The van der Waals surface area contributed by atoms with Crippen LogP contribution in [-0.4, -0.2) is 40.2 Å². The van der Waals surface area contributed by atoms with Crippen LogP contribution in [0.15, 0.2) is 41.3 Å². The molecule has 2 aromatic heterocycles. The Labute approximate surface area is 178 Å². The van der Waals surface area contributed by atoms with Crippen molar-refractivity contribution in [1.29, 1.82) is 0 Å². The highest BCUT2D eigenvalue weighted by Crippen LogP contribution is 2.27. The largest absolute Gasteiger partial charge is 0.453 e. The van der Waals surface area contributed by atoms with E-state index in [0.29, 0.717) is 27.7 Å². The molecule has 0 spiro atoms. The Morgan fingerprint density at radius 2 is 1.90 bits per heavy atom. The second-order valence-corrected chi connectivity index (χ2v) is 7.73. The summed E-state index contributed by atoms with van der Waals surface area (Å²) in [5, 5.41) is 7.40. The maximum Gasteiger partial charge on any atom is 0.407 e. The van der Waals surface area contributed by atoms with E-state index in [4.69, 9.17) is 11.6 Å². The Kier molecular flexibility index (Phi) is 5.85. The molecule has 0 radical (unpaired) electrons. The normalized spacial score (nSPS) is 18.7. The maximum absolute atomic E-state index is 12.6. The number of amides is 1. The van der Waals surface area contributed by atoms with Crippen LogP contribution in [0.1, 0.15) is 25.7 Å². The lowest BCUT2D eigenvalue weighted by Crippen LogP contribution is -2.40. The molecule has 1 aromatic carbocycles. The van der Waals surface area contributed by atoms with Gasteiger partial charge in [0.1, 0.15) is 5.65 Å². The van der Waals surface area contributed by atoms with Gasteiger partial charge in [-0.25, -0.2) is 9.78 Å². The number of nitrogens with zero attached hydrogens (tertiary/aromatic N) is 2. The first-order valence-electron chi connectivity index (χ1n) is 9.79. The number of aromatic amines is 1. The molecule has 0 bridgehead atoms. The average molecular weight is 428 g/mol. The molecule has 30 heavy (non-hydrogen) atoms. The van der Waals surface area contributed by atoms with Crippen molar-refractivity contribution >= 4 is 34.7 Å². The number of ether oxygens (including phenoxy) is 1. The SMILES string of the molecule is COC(=O)NC1CCC(Nc2ncc3cc(-c4ccccc4Cl)c(=O)[nH]c3n2)CC1. The van der Waals surface area contributed by atoms with Gasteiger partial charge in [-0.3, -0.25) is 4.79 Å². The van der Waals surface area contributed by atoms with Crippen LogP contribution in [0.25, 0.3) is 22.2 Å². The molecule has 3 aromatic rings. The third kappa shape index (κ3) is 4.38. The summed E-state index contributed by atoms with van der Waals surface area (Å²) in [5.74, 6) is 0.466. The molecule has 1 aliphatic rings. The van der Waals surface area contributed by atoms with Gasteiger partial charge in [0.15, 0.2) is 0 Å². The van der Waals surface area contributed by atoms with E-state index in [-0.39, 0.29) is 17.6 Å². The number of nitrogens with one attached hydrogen (secondary N) is 3. The molecule has 0 atom stereocenters. The van der Waals surface area contributed by atoms with Crippen LogP contribution in [0.4, 0.5) is 10.7 Å². The number of H-pyrrole nitrogens is 1. The molecule has 156 valence electrons. The fourth-order valence-electron chi connectivity index (χ4n) is 3.73. The second-order valence-electron chi connectivity index (χ2n) is 7.32. The first kappa shape index (κ1) is 20.2. The van der Waals surface area contributed by atoms with Gasteiger partial charge in [0, 0.05) is 39.8 Å². The van der Waals surface area contributed by atoms with Crippen LogP contribution in [0.5, 0.6) is 0 Å². The molecule has 4 rings (SSSR count). The van der Waals surface area contributed by atoms with Gasteiger partial charge >= 0.3 is 6.09 Å². The summed E-state index contributed by atoms with van der Waals surface area (Å²) >= 11 is 6.24. The molecular formula is C21H22ClN5O3. The number of alkyl carbamates (subject to hydrolysis) is 1. The number of methoxy groups -OCH3 is 1. The molecule has 8 nitrogen and oxygen atoms in total. The molecular weight excluding hydrogens is 406 g/mol. The minimum atomic E-state index is -0.399. The number of hydrogen-bond acceptors (Lipinski definition) is 6. The number of anilines is 1. The highest BCUT2D eigenvalue weighted by Gasteiger charge is 2.23. The number of fused-ring (bicyclic) bond motifs is 1. The Balaban J connectivity index is 1.48. The van der Waals surface area contributed by atoms with E-state index < -0.39 is 6.09 Å². The summed E-state index contributed by atoms with van der Waals surface area (Å²) in [4.78, 5) is 35.6. The Hall–Kier alpha value is -3.13. The summed E-state index contributed by atoms with van der Waals surface area (Å²) in [5.41, 5.74) is 1.36. The Morgan fingerprint density at radius 1 is 1.17 bits per heavy atom. The van der Waals surface area contributed by atoms with Crippen molar-refractivity contribution in [3.8, 4) is 11.1 Å². The highest BCUT2D eigenvalue weighted by atomic mass is 35.5. The van der Waals surface area contributed by atoms with Gasteiger partial charge in [-0.2, -0.15) is 4.98 Å². The molecule has 1 aliphatic carbocycles. The number of aromatic nitrogens is 3. The summed E-state index contributed by atoms with van der Waals surface area (Å²) in [6.45, 7) is 0. The third-order valence-electron chi connectivity index (χ3n) is 5.33. The van der Waals surface area contributed by atoms with Gasteiger partial charge in [-0.15, -0.1) is 0 Å². The molecule has 1 amide bonds. The highest BCUT2D eigenvalue weighted by molar-refractivity contribution is 6.33. The number of hydrogen-bond donors (Lipinski definition) is 3. The molecule has 0 unspecified atom stereocenters. The van der Waals surface area contributed by atoms with E-state index in [0.717, 1.165) is 31.1 Å². The zero-order valence-corrected chi connectivity index (χ0v) is 17.2. The summed E-state index contributed by atoms with van der Waals surface area (Å²) in [7, 11) is 1.36. The lowest BCUT2D eigenvalue weighted by atomic mass is 9.91. The van der Waals surface area contributed by atoms with Crippen LogP contribution in [0, 0.1) is 0 Å². The minimum absolute atomic E-state index is 0.118. The molecule has 1 fully saturated rings. The summed E-state index contributed by atoms with van der Waals surface area (Å²) in [6, 6.07) is 9.29. The Morgan fingerprint density at radius 3 is 2.63 bits per heavy atom. The van der Waals surface area contributed by atoms with E-state index in [2.05, 4.69) is 30.3 Å². The van der Waals surface area contributed by atoms with Crippen LogP contribution in [-0.2, 0) is 4.74 Å². The number of rotatable bonds is 4. The molecule has 2 heterocycles. The maximum atomic E-state index is 12.6. The first-order chi connectivity index (χ1) is 14.5. The fourth-order valence-corrected chi connectivity index (χ4v) is 3.97. The van der Waals surface area contributed by atoms with Crippen LogP contribution in [0.3, 0.4) is 0 Å². The number of pyridine rings is 1.